The van der Waals surface area contributed by atoms with Gasteiger partial charge in [0.25, 0.3) is 0 Å². The van der Waals surface area contributed by atoms with Crippen molar-refractivity contribution in [3.63, 3.8) is 0 Å². The lowest BCUT2D eigenvalue weighted by Gasteiger charge is -2.10. The molecule has 0 heterocycles. The Labute approximate surface area is 97.4 Å². The number of benzene rings is 1. The molecule has 1 unspecified atom stereocenters. The lowest BCUT2D eigenvalue weighted by molar-refractivity contribution is -0.115. The van der Waals surface area contributed by atoms with Crippen LogP contribution in [-0.2, 0) is 4.79 Å². The van der Waals surface area contributed by atoms with Crippen LogP contribution in [0.2, 0.25) is 0 Å². The van der Waals surface area contributed by atoms with Crippen molar-refractivity contribution >= 4 is 23.2 Å². The number of alkyl halides is 1. The first-order valence-electron chi connectivity index (χ1n) is 4.23. The average molecular weight is 274 g/mol. The Morgan fingerprint density at radius 2 is 1.35 bits per heavy atom. The smallest absolute Gasteiger partial charge is 0.242 e. The first kappa shape index (κ1) is 13.7. The SMILES string of the molecule is CC(Cl)C(=O)Nc1c(F)c(F)c(F)c(F)c1F. The second-order valence-electron chi connectivity index (χ2n) is 3.05. The Balaban J connectivity index is 3.30. The van der Waals surface area contributed by atoms with E-state index in [1.54, 1.807) is 0 Å². The first-order chi connectivity index (χ1) is 7.77. The van der Waals surface area contributed by atoms with Gasteiger partial charge >= 0.3 is 0 Å². The maximum Gasteiger partial charge on any atom is 0.242 e. The van der Waals surface area contributed by atoms with Gasteiger partial charge in [0.1, 0.15) is 11.1 Å². The topological polar surface area (TPSA) is 29.1 Å². The van der Waals surface area contributed by atoms with Crippen LogP contribution in [0, 0.1) is 29.1 Å². The van der Waals surface area contributed by atoms with E-state index in [4.69, 9.17) is 11.6 Å². The fourth-order valence-electron chi connectivity index (χ4n) is 0.937. The molecule has 17 heavy (non-hydrogen) atoms. The van der Waals surface area contributed by atoms with Crippen molar-refractivity contribution in [1.29, 1.82) is 0 Å². The molecule has 1 amide bonds. The molecule has 94 valence electrons. The van der Waals surface area contributed by atoms with Crippen LogP contribution < -0.4 is 5.32 Å². The predicted octanol–water partition coefficient (Wildman–Crippen LogP) is 2.95. The van der Waals surface area contributed by atoms with Gasteiger partial charge in [-0.1, -0.05) is 0 Å². The van der Waals surface area contributed by atoms with Gasteiger partial charge in [-0.15, -0.1) is 11.6 Å². The standard InChI is InChI=1S/C9H5ClF5NO/c1-2(10)9(17)16-8-6(14)4(12)3(11)5(13)7(8)15/h2H,1H3,(H,16,17). The van der Waals surface area contributed by atoms with Crippen molar-refractivity contribution < 1.29 is 26.7 Å². The van der Waals surface area contributed by atoms with Crippen molar-refractivity contribution in [3.8, 4) is 0 Å². The second-order valence-corrected chi connectivity index (χ2v) is 3.70. The summed E-state index contributed by atoms with van der Waals surface area (Å²) in [6.45, 7) is 1.17. The van der Waals surface area contributed by atoms with Gasteiger partial charge in [0.05, 0.1) is 0 Å². The van der Waals surface area contributed by atoms with Gasteiger partial charge < -0.3 is 5.32 Å². The fraction of sp³-hybridized carbons (Fsp3) is 0.222. The molecule has 1 N–H and O–H groups in total. The zero-order valence-electron chi connectivity index (χ0n) is 8.25. The highest BCUT2D eigenvalue weighted by atomic mass is 35.5. The highest BCUT2D eigenvalue weighted by Crippen LogP contribution is 2.27. The van der Waals surface area contributed by atoms with E-state index in [1.165, 1.54) is 12.2 Å². The highest BCUT2D eigenvalue weighted by Gasteiger charge is 2.27. The summed E-state index contributed by atoms with van der Waals surface area (Å²) in [5.41, 5.74) is -1.42. The Kier molecular flexibility index (Phi) is 3.92. The van der Waals surface area contributed by atoms with Crippen LogP contribution in [0.25, 0.3) is 0 Å². The average Bonchev–Trinajstić information content (AvgIpc) is 2.29. The highest BCUT2D eigenvalue weighted by molar-refractivity contribution is 6.32. The third-order valence-corrected chi connectivity index (χ3v) is 2.02. The molecule has 0 saturated carbocycles. The summed E-state index contributed by atoms with van der Waals surface area (Å²) in [6, 6.07) is 0. The summed E-state index contributed by atoms with van der Waals surface area (Å²) in [7, 11) is 0. The number of nitrogens with one attached hydrogen (secondary N) is 1. The fourth-order valence-corrected chi connectivity index (χ4v) is 0.992. The maximum absolute atomic E-state index is 13.0. The molecule has 2 nitrogen and oxygen atoms in total. The molecule has 1 aromatic rings. The van der Waals surface area contributed by atoms with Gasteiger partial charge in [-0.05, 0) is 6.92 Å². The minimum absolute atomic E-state index is 1.09. The lowest BCUT2D eigenvalue weighted by atomic mass is 10.2. The summed E-state index contributed by atoms with van der Waals surface area (Å²) in [5.74, 6) is -11.9. The summed E-state index contributed by atoms with van der Waals surface area (Å²) < 4.78 is 64.1. The Hall–Kier alpha value is -1.37. The zero-order chi connectivity index (χ0) is 13.3. The summed E-state index contributed by atoms with van der Waals surface area (Å²) >= 11 is 5.28. The van der Waals surface area contributed by atoms with Gasteiger partial charge in [0, 0.05) is 0 Å². The van der Waals surface area contributed by atoms with E-state index < -0.39 is 46.1 Å². The number of carbonyl (C=O) groups is 1. The molecule has 1 atom stereocenters. The van der Waals surface area contributed by atoms with Crippen LogP contribution in [-0.4, -0.2) is 11.3 Å². The number of rotatable bonds is 2. The number of hydrogen-bond acceptors (Lipinski definition) is 1. The summed E-state index contributed by atoms with van der Waals surface area (Å²) in [6.07, 6.45) is 0. The summed E-state index contributed by atoms with van der Waals surface area (Å²) in [5, 5.41) is 0.329. The van der Waals surface area contributed by atoms with Gasteiger partial charge in [0.2, 0.25) is 11.7 Å². The van der Waals surface area contributed by atoms with E-state index in [0.717, 1.165) is 0 Å². The van der Waals surface area contributed by atoms with E-state index in [-0.39, 0.29) is 0 Å². The molecule has 1 aromatic carbocycles. The van der Waals surface area contributed by atoms with Gasteiger partial charge in [-0.3, -0.25) is 4.79 Å². The van der Waals surface area contributed by atoms with Gasteiger partial charge in [-0.25, -0.2) is 22.0 Å². The predicted molar refractivity (Wildman–Crippen MR) is 50.2 cm³/mol. The Bertz CT molecular complexity index is 448. The van der Waals surface area contributed by atoms with Crippen LogP contribution >= 0.6 is 11.6 Å². The number of hydrogen-bond donors (Lipinski definition) is 1. The molecule has 0 radical (unpaired) electrons. The molecule has 0 aliphatic carbocycles. The zero-order valence-corrected chi connectivity index (χ0v) is 9.01. The minimum atomic E-state index is -2.29. The van der Waals surface area contributed by atoms with E-state index >= 15 is 0 Å². The molecule has 0 bridgehead atoms. The van der Waals surface area contributed by atoms with E-state index in [0.29, 0.717) is 0 Å². The minimum Gasteiger partial charge on any atom is -0.320 e. The Morgan fingerprint density at radius 1 is 1.00 bits per heavy atom. The molecule has 0 spiro atoms. The van der Waals surface area contributed by atoms with Crippen LogP contribution in [0.5, 0.6) is 0 Å². The van der Waals surface area contributed by atoms with Crippen LogP contribution in [0.1, 0.15) is 6.92 Å². The number of carbonyl (C=O) groups excluding carboxylic acids is 1. The van der Waals surface area contributed by atoms with Crippen LogP contribution in [0.4, 0.5) is 27.6 Å². The second kappa shape index (κ2) is 4.87. The van der Waals surface area contributed by atoms with Crippen LogP contribution in [0.15, 0.2) is 0 Å². The van der Waals surface area contributed by atoms with Crippen LogP contribution in [0.3, 0.4) is 0 Å². The van der Waals surface area contributed by atoms with Crippen molar-refractivity contribution in [3.05, 3.63) is 29.1 Å². The van der Waals surface area contributed by atoms with E-state index in [2.05, 4.69) is 0 Å². The largest absolute Gasteiger partial charge is 0.320 e. The molecular weight excluding hydrogens is 269 g/mol. The van der Waals surface area contributed by atoms with Gasteiger partial charge in [-0.2, -0.15) is 0 Å². The molecule has 0 aliphatic rings. The molecular formula is C9H5ClF5NO. The monoisotopic (exact) mass is 273 g/mol. The van der Waals surface area contributed by atoms with Crippen molar-refractivity contribution in [2.45, 2.75) is 12.3 Å². The van der Waals surface area contributed by atoms with Crippen molar-refractivity contribution in [2.75, 3.05) is 5.32 Å². The Morgan fingerprint density at radius 3 is 1.71 bits per heavy atom. The third kappa shape index (κ3) is 2.49. The molecule has 0 fully saturated rings. The molecule has 0 aliphatic heterocycles. The maximum atomic E-state index is 13.0. The first-order valence-corrected chi connectivity index (χ1v) is 4.67. The lowest BCUT2D eigenvalue weighted by Crippen LogP contribution is -2.23. The van der Waals surface area contributed by atoms with Crippen molar-refractivity contribution in [1.82, 2.24) is 0 Å². The molecule has 0 saturated heterocycles. The number of halogens is 6. The molecule has 8 heteroatoms. The van der Waals surface area contributed by atoms with Crippen molar-refractivity contribution in [2.24, 2.45) is 0 Å². The number of amides is 1. The van der Waals surface area contributed by atoms with E-state index in [1.807, 2.05) is 0 Å². The third-order valence-electron chi connectivity index (χ3n) is 1.82. The molecule has 1 rings (SSSR count). The molecule has 0 aromatic heterocycles. The van der Waals surface area contributed by atoms with E-state index in [9.17, 15) is 26.7 Å². The number of anilines is 1. The quantitative estimate of drug-likeness (QED) is 0.382. The summed E-state index contributed by atoms with van der Waals surface area (Å²) in [4.78, 5) is 11.0. The van der Waals surface area contributed by atoms with Gasteiger partial charge in [0.15, 0.2) is 23.3 Å². The normalized spacial score (nSPS) is 12.4.